The summed E-state index contributed by atoms with van der Waals surface area (Å²) >= 11 is 35.9. The second kappa shape index (κ2) is 8.41. The fraction of sp³-hybridized carbons (Fsp3) is 0.143. The van der Waals surface area contributed by atoms with Gasteiger partial charge < -0.3 is 0 Å². The lowest BCUT2D eigenvalue weighted by molar-refractivity contribution is 0.971. The molecule has 27 heavy (non-hydrogen) atoms. The van der Waals surface area contributed by atoms with Gasteiger partial charge in [0.25, 0.3) is 0 Å². The molecular weight excluding hydrogens is 465 g/mol. The predicted molar refractivity (Wildman–Crippen MR) is 119 cm³/mol. The summed E-state index contributed by atoms with van der Waals surface area (Å²) in [6, 6.07) is 25.3. The molecule has 140 valence electrons. The minimum absolute atomic E-state index is 0.0000491. The van der Waals surface area contributed by atoms with Crippen molar-refractivity contribution in [3.63, 3.8) is 0 Å². The van der Waals surface area contributed by atoms with Crippen LogP contribution in [0.15, 0.2) is 78.9 Å². The van der Waals surface area contributed by atoms with E-state index in [1.165, 1.54) is 0 Å². The maximum atomic E-state index is 5.98. The van der Waals surface area contributed by atoms with Gasteiger partial charge in [-0.15, -0.1) is 0 Å². The summed E-state index contributed by atoms with van der Waals surface area (Å²) in [7, 11) is 0. The van der Waals surface area contributed by atoms with Crippen LogP contribution in [0.4, 0.5) is 0 Å². The lowest BCUT2D eigenvalue weighted by atomic mass is 9.84. The van der Waals surface area contributed by atoms with Crippen molar-refractivity contribution in [2.24, 2.45) is 0 Å². The van der Waals surface area contributed by atoms with Gasteiger partial charge in [0, 0.05) is 17.0 Å². The molecule has 0 fully saturated rings. The van der Waals surface area contributed by atoms with Gasteiger partial charge in [0.2, 0.25) is 7.59 Å². The highest BCUT2D eigenvalue weighted by molar-refractivity contribution is 6.67. The van der Waals surface area contributed by atoms with Crippen LogP contribution in [0.5, 0.6) is 0 Å². The highest BCUT2D eigenvalue weighted by Gasteiger charge is 2.25. The van der Waals surface area contributed by atoms with Crippen LogP contribution in [0.3, 0.4) is 0 Å². The average molecular weight is 479 g/mol. The van der Waals surface area contributed by atoms with Crippen LogP contribution < -0.4 is 0 Å². The van der Waals surface area contributed by atoms with E-state index >= 15 is 0 Å². The Morgan fingerprint density at radius 2 is 0.778 bits per heavy atom. The number of alkyl halides is 6. The largest absolute Gasteiger partial charge is 0.216 e. The van der Waals surface area contributed by atoms with Gasteiger partial charge in [0.1, 0.15) is 0 Å². The minimum atomic E-state index is -1.45. The first-order valence-corrected chi connectivity index (χ1v) is 10.3. The zero-order valence-corrected chi connectivity index (χ0v) is 18.4. The van der Waals surface area contributed by atoms with E-state index in [0.29, 0.717) is 11.1 Å². The first-order chi connectivity index (χ1) is 12.7. The van der Waals surface area contributed by atoms with Crippen molar-refractivity contribution in [2.75, 3.05) is 0 Å². The van der Waals surface area contributed by atoms with Crippen LogP contribution in [0.2, 0.25) is 0 Å². The lowest BCUT2D eigenvalue weighted by Gasteiger charge is -2.21. The third kappa shape index (κ3) is 5.26. The van der Waals surface area contributed by atoms with Crippen molar-refractivity contribution in [1.82, 2.24) is 0 Å². The van der Waals surface area contributed by atoms with E-state index in [9.17, 15) is 0 Å². The molecule has 3 aromatic rings. The van der Waals surface area contributed by atoms with Crippen molar-refractivity contribution >= 4 is 69.6 Å². The summed E-state index contributed by atoms with van der Waals surface area (Å²) < 4.78 is -2.90. The second-order valence-electron chi connectivity index (χ2n) is 6.08. The standard InChI is InChI=1S/C21H14Cl6/c22-20(23,24)17-10-6-15(7-11-17)19(14-4-2-1-3-5-14)16-8-12-18(13-9-16)21(25,26)27/h1-13,19H. The van der Waals surface area contributed by atoms with Gasteiger partial charge in [0.05, 0.1) is 0 Å². The van der Waals surface area contributed by atoms with Crippen molar-refractivity contribution < 1.29 is 0 Å². The monoisotopic (exact) mass is 476 g/mol. The van der Waals surface area contributed by atoms with E-state index in [4.69, 9.17) is 69.6 Å². The molecule has 0 unspecified atom stereocenters. The molecular formula is C21H14Cl6. The third-order valence-electron chi connectivity index (χ3n) is 4.28. The fourth-order valence-electron chi connectivity index (χ4n) is 2.95. The number of hydrogen-bond donors (Lipinski definition) is 0. The minimum Gasteiger partial charge on any atom is -0.0784 e. The number of halogens is 6. The predicted octanol–water partition coefficient (Wildman–Crippen LogP) is 8.52. The van der Waals surface area contributed by atoms with Crippen molar-refractivity contribution in [3.8, 4) is 0 Å². The normalized spacial score (nSPS) is 12.4. The van der Waals surface area contributed by atoms with Crippen LogP contribution in [-0.2, 0) is 7.59 Å². The molecule has 0 bridgehead atoms. The van der Waals surface area contributed by atoms with Gasteiger partial charge in [-0.2, -0.15) is 0 Å². The van der Waals surface area contributed by atoms with Gasteiger partial charge in [-0.05, 0) is 16.7 Å². The average Bonchev–Trinajstić information content (AvgIpc) is 2.62. The van der Waals surface area contributed by atoms with E-state index < -0.39 is 7.59 Å². The topological polar surface area (TPSA) is 0 Å². The Kier molecular flexibility index (Phi) is 6.58. The van der Waals surface area contributed by atoms with E-state index in [1.807, 2.05) is 66.7 Å². The van der Waals surface area contributed by atoms with Crippen LogP contribution in [-0.4, -0.2) is 0 Å². The fourth-order valence-corrected chi connectivity index (χ4v) is 3.71. The Hall–Kier alpha value is -0.600. The van der Waals surface area contributed by atoms with Gasteiger partial charge in [-0.1, -0.05) is 148 Å². The highest BCUT2D eigenvalue weighted by atomic mass is 35.6. The van der Waals surface area contributed by atoms with Gasteiger partial charge in [-0.3, -0.25) is 0 Å². The van der Waals surface area contributed by atoms with Gasteiger partial charge in [-0.25, -0.2) is 0 Å². The Morgan fingerprint density at radius 1 is 0.444 bits per heavy atom. The lowest BCUT2D eigenvalue weighted by Crippen LogP contribution is -2.06. The quantitative estimate of drug-likeness (QED) is 0.261. The molecule has 0 aliphatic carbocycles. The van der Waals surface area contributed by atoms with Gasteiger partial charge in [0.15, 0.2) is 0 Å². The smallest absolute Gasteiger partial charge is 0.0784 e. The first kappa shape index (κ1) is 21.1. The van der Waals surface area contributed by atoms with Crippen LogP contribution in [0.1, 0.15) is 33.7 Å². The second-order valence-corrected chi connectivity index (χ2v) is 10.6. The summed E-state index contributed by atoms with van der Waals surface area (Å²) in [5.41, 5.74) is 4.52. The third-order valence-corrected chi connectivity index (χ3v) is 5.58. The highest BCUT2D eigenvalue weighted by Crippen LogP contribution is 2.41. The maximum Gasteiger partial charge on any atom is 0.216 e. The molecule has 0 amide bonds. The van der Waals surface area contributed by atoms with E-state index in [1.54, 1.807) is 0 Å². The molecule has 0 saturated heterocycles. The zero-order valence-electron chi connectivity index (χ0n) is 13.9. The van der Waals surface area contributed by atoms with Gasteiger partial charge >= 0.3 is 0 Å². The Bertz CT molecular complexity index is 818. The number of rotatable bonds is 3. The molecule has 0 saturated carbocycles. The summed E-state index contributed by atoms with van der Waals surface area (Å²) in [5, 5.41) is 0. The molecule has 6 heteroatoms. The Labute approximate surface area is 188 Å². The molecule has 0 atom stereocenters. The van der Waals surface area contributed by atoms with E-state index in [2.05, 4.69) is 12.1 Å². The summed E-state index contributed by atoms with van der Waals surface area (Å²) in [5.74, 6) is 0.0000491. The molecule has 0 N–H and O–H groups in total. The molecule has 0 aromatic heterocycles. The molecule has 0 nitrogen and oxygen atoms in total. The first-order valence-electron chi connectivity index (χ1n) is 8.05. The van der Waals surface area contributed by atoms with Crippen molar-refractivity contribution in [1.29, 1.82) is 0 Å². The van der Waals surface area contributed by atoms with Crippen LogP contribution in [0, 0.1) is 0 Å². The summed E-state index contributed by atoms with van der Waals surface area (Å²) in [6.07, 6.45) is 0. The molecule has 0 heterocycles. The van der Waals surface area contributed by atoms with E-state index in [0.717, 1.165) is 16.7 Å². The van der Waals surface area contributed by atoms with Crippen molar-refractivity contribution in [2.45, 2.75) is 13.5 Å². The van der Waals surface area contributed by atoms with E-state index in [-0.39, 0.29) is 5.92 Å². The van der Waals surface area contributed by atoms with Crippen LogP contribution >= 0.6 is 69.6 Å². The molecule has 3 rings (SSSR count). The SMILES string of the molecule is ClC(Cl)(Cl)c1ccc(C(c2ccccc2)c2ccc(C(Cl)(Cl)Cl)cc2)cc1. The molecule has 0 radical (unpaired) electrons. The summed E-state index contributed by atoms with van der Waals surface area (Å²) in [4.78, 5) is 0. The molecule has 0 spiro atoms. The zero-order chi connectivity index (χ0) is 19.7. The Balaban J connectivity index is 2.05. The maximum absolute atomic E-state index is 5.98. The summed E-state index contributed by atoms with van der Waals surface area (Å²) in [6.45, 7) is 0. The van der Waals surface area contributed by atoms with Crippen LogP contribution in [0.25, 0.3) is 0 Å². The number of hydrogen-bond acceptors (Lipinski definition) is 0. The van der Waals surface area contributed by atoms with Crippen molar-refractivity contribution in [3.05, 3.63) is 107 Å². The molecule has 0 aliphatic heterocycles. The number of benzene rings is 3. The molecule has 3 aromatic carbocycles. The Morgan fingerprint density at radius 3 is 1.11 bits per heavy atom. The molecule has 0 aliphatic rings.